The minimum atomic E-state index is 0.546. The van der Waals surface area contributed by atoms with E-state index in [1.54, 1.807) is 6.07 Å². The van der Waals surface area contributed by atoms with Gasteiger partial charge in [-0.25, -0.2) is 0 Å². The molecule has 0 saturated carbocycles. The summed E-state index contributed by atoms with van der Waals surface area (Å²) in [5, 5.41) is 0.679. The Morgan fingerprint density at radius 1 is 1.00 bits per heavy atom. The zero-order chi connectivity index (χ0) is 15.1. The smallest absolute Gasteiger partial charge is 0.133 e. The molecule has 3 nitrogen and oxygen atoms in total. The van der Waals surface area contributed by atoms with Crippen LogP contribution in [-0.2, 0) is 6.54 Å². The Morgan fingerprint density at radius 3 is 2.38 bits per heavy atom. The Labute approximate surface area is 138 Å². The van der Waals surface area contributed by atoms with Crippen molar-refractivity contribution in [2.24, 2.45) is 5.73 Å². The highest BCUT2D eigenvalue weighted by atomic mass is 79.9. The van der Waals surface area contributed by atoms with Crippen molar-refractivity contribution in [1.82, 2.24) is 0 Å². The standard InChI is InChI=1S/C16H17BrClNO2/c17-15-10-13(18)4-7-16(15)21-9-1-8-20-14-5-2-12(11-19)3-6-14/h2-7,10H,1,8-9,11,19H2. The van der Waals surface area contributed by atoms with E-state index in [9.17, 15) is 0 Å². The van der Waals surface area contributed by atoms with Crippen LogP contribution < -0.4 is 15.2 Å². The maximum absolute atomic E-state index is 5.88. The number of nitrogens with two attached hydrogens (primary N) is 1. The molecule has 0 aromatic heterocycles. The van der Waals surface area contributed by atoms with Crippen molar-refractivity contribution in [1.29, 1.82) is 0 Å². The summed E-state index contributed by atoms with van der Waals surface area (Å²) in [6.45, 7) is 1.73. The molecule has 0 radical (unpaired) electrons. The molecule has 5 heteroatoms. The molecule has 0 bridgehead atoms. The van der Waals surface area contributed by atoms with Crippen LogP contribution in [-0.4, -0.2) is 13.2 Å². The first-order valence-corrected chi connectivity index (χ1v) is 7.86. The number of benzene rings is 2. The SMILES string of the molecule is NCc1ccc(OCCCOc2ccc(Cl)cc2Br)cc1. The molecule has 0 saturated heterocycles. The van der Waals surface area contributed by atoms with Crippen molar-refractivity contribution in [3.8, 4) is 11.5 Å². The highest BCUT2D eigenvalue weighted by Crippen LogP contribution is 2.28. The predicted molar refractivity (Wildman–Crippen MR) is 89.1 cm³/mol. The number of hydrogen-bond donors (Lipinski definition) is 1. The van der Waals surface area contributed by atoms with E-state index in [0.717, 1.165) is 28.0 Å². The van der Waals surface area contributed by atoms with Crippen LogP contribution in [0.1, 0.15) is 12.0 Å². The fourth-order valence-electron chi connectivity index (χ4n) is 1.75. The van der Waals surface area contributed by atoms with Crippen LogP contribution in [0.4, 0.5) is 0 Å². The summed E-state index contributed by atoms with van der Waals surface area (Å²) in [6, 6.07) is 13.3. The summed E-state index contributed by atoms with van der Waals surface area (Å²) in [7, 11) is 0. The van der Waals surface area contributed by atoms with Gasteiger partial charge >= 0.3 is 0 Å². The molecule has 0 spiro atoms. The van der Waals surface area contributed by atoms with Crippen LogP contribution in [0.2, 0.25) is 5.02 Å². The highest BCUT2D eigenvalue weighted by Gasteiger charge is 2.02. The van der Waals surface area contributed by atoms with E-state index in [1.165, 1.54) is 0 Å². The lowest BCUT2D eigenvalue weighted by Crippen LogP contribution is -2.05. The maximum atomic E-state index is 5.88. The summed E-state index contributed by atoms with van der Waals surface area (Å²) in [5.41, 5.74) is 6.64. The topological polar surface area (TPSA) is 44.5 Å². The molecule has 2 N–H and O–H groups in total. The van der Waals surface area contributed by atoms with Crippen LogP contribution in [0.5, 0.6) is 11.5 Å². The van der Waals surface area contributed by atoms with Gasteiger partial charge in [-0.05, 0) is 51.8 Å². The van der Waals surface area contributed by atoms with Gasteiger partial charge in [0.2, 0.25) is 0 Å². The van der Waals surface area contributed by atoms with Gasteiger partial charge in [-0.1, -0.05) is 23.7 Å². The van der Waals surface area contributed by atoms with Gasteiger partial charge in [0, 0.05) is 18.0 Å². The van der Waals surface area contributed by atoms with Crippen LogP contribution in [0.15, 0.2) is 46.9 Å². The Balaban J connectivity index is 1.69. The molecule has 21 heavy (non-hydrogen) atoms. The minimum absolute atomic E-state index is 0.546. The normalized spacial score (nSPS) is 10.4. The molecular formula is C16H17BrClNO2. The van der Waals surface area contributed by atoms with Crippen LogP contribution >= 0.6 is 27.5 Å². The monoisotopic (exact) mass is 369 g/mol. The molecular weight excluding hydrogens is 354 g/mol. The van der Waals surface area contributed by atoms with Gasteiger partial charge in [0.1, 0.15) is 11.5 Å². The van der Waals surface area contributed by atoms with Crippen molar-refractivity contribution < 1.29 is 9.47 Å². The summed E-state index contributed by atoms with van der Waals surface area (Å²) < 4.78 is 12.2. The summed E-state index contributed by atoms with van der Waals surface area (Å²) in [6.07, 6.45) is 0.799. The fraction of sp³-hybridized carbons (Fsp3) is 0.250. The van der Waals surface area contributed by atoms with Gasteiger partial charge in [-0.2, -0.15) is 0 Å². The van der Waals surface area contributed by atoms with Crippen molar-refractivity contribution in [2.45, 2.75) is 13.0 Å². The first-order valence-electron chi connectivity index (χ1n) is 6.68. The van der Waals surface area contributed by atoms with Crippen LogP contribution in [0.25, 0.3) is 0 Å². The lowest BCUT2D eigenvalue weighted by Gasteiger charge is -2.09. The number of ether oxygens (including phenoxy) is 2. The molecule has 2 rings (SSSR count). The zero-order valence-electron chi connectivity index (χ0n) is 11.5. The maximum Gasteiger partial charge on any atom is 0.133 e. The van der Waals surface area contributed by atoms with Crippen molar-refractivity contribution in [2.75, 3.05) is 13.2 Å². The Hall–Kier alpha value is -1.23. The highest BCUT2D eigenvalue weighted by molar-refractivity contribution is 9.10. The van der Waals surface area contributed by atoms with E-state index < -0.39 is 0 Å². The molecule has 2 aromatic carbocycles. The third-order valence-corrected chi connectivity index (χ3v) is 3.72. The van der Waals surface area contributed by atoms with Gasteiger partial charge < -0.3 is 15.2 Å². The number of rotatable bonds is 7. The van der Waals surface area contributed by atoms with Crippen LogP contribution in [0.3, 0.4) is 0 Å². The van der Waals surface area contributed by atoms with Gasteiger partial charge in [-0.15, -0.1) is 0 Å². The third-order valence-electron chi connectivity index (χ3n) is 2.87. The Kier molecular flexibility index (Phi) is 6.36. The van der Waals surface area contributed by atoms with Crippen molar-refractivity contribution in [3.05, 3.63) is 57.5 Å². The molecule has 0 heterocycles. The third kappa shape index (κ3) is 5.23. The lowest BCUT2D eigenvalue weighted by atomic mass is 10.2. The number of hydrogen-bond acceptors (Lipinski definition) is 3. The molecule has 0 unspecified atom stereocenters. The van der Waals surface area contributed by atoms with Gasteiger partial charge in [0.25, 0.3) is 0 Å². The quantitative estimate of drug-likeness (QED) is 0.734. The molecule has 0 amide bonds. The summed E-state index contributed by atoms with van der Waals surface area (Å²) in [4.78, 5) is 0. The molecule has 0 aliphatic rings. The van der Waals surface area contributed by atoms with E-state index in [0.29, 0.717) is 24.8 Å². The second-order valence-electron chi connectivity index (χ2n) is 4.47. The molecule has 0 atom stereocenters. The van der Waals surface area contributed by atoms with Gasteiger partial charge in [0.05, 0.1) is 17.7 Å². The Morgan fingerprint density at radius 2 is 1.71 bits per heavy atom. The average molecular weight is 371 g/mol. The lowest BCUT2D eigenvalue weighted by molar-refractivity contribution is 0.246. The van der Waals surface area contributed by atoms with E-state index in [-0.39, 0.29) is 0 Å². The first-order chi connectivity index (χ1) is 10.2. The van der Waals surface area contributed by atoms with E-state index in [4.69, 9.17) is 26.8 Å². The molecule has 0 aliphatic carbocycles. The molecule has 0 aliphatic heterocycles. The molecule has 2 aromatic rings. The zero-order valence-corrected chi connectivity index (χ0v) is 13.9. The summed E-state index contributed by atoms with van der Waals surface area (Å²) >= 11 is 9.29. The van der Waals surface area contributed by atoms with Crippen LogP contribution in [0, 0.1) is 0 Å². The first kappa shape index (κ1) is 16.1. The fourth-order valence-corrected chi connectivity index (χ4v) is 2.54. The average Bonchev–Trinajstić information content (AvgIpc) is 2.49. The molecule has 0 fully saturated rings. The molecule has 112 valence electrons. The minimum Gasteiger partial charge on any atom is -0.493 e. The Bertz CT molecular complexity index is 575. The van der Waals surface area contributed by atoms with E-state index in [1.807, 2.05) is 36.4 Å². The largest absolute Gasteiger partial charge is 0.493 e. The second kappa shape index (κ2) is 8.27. The number of halogens is 2. The van der Waals surface area contributed by atoms with E-state index >= 15 is 0 Å². The summed E-state index contributed by atoms with van der Waals surface area (Å²) in [5.74, 6) is 1.63. The van der Waals surface area contributed by atoms with Gasteiger partial charge in [0.15, 0.2) is 0 Å². The predicted octanol–water partition coefficient (Wildman–Crippen LogP) is 4.41. The van der Waals surface area contributed by atoms with E-state index in [2.05, 4.69) is 15.9 Å². The van der Waals surface area contributed by atoms with Crippen molar-refractivity contribution >= 4 is 27.5 Å². The van der Waals surface area contributed by atoms with Gasteiger partial charge in [-0.3, -0.25) is 0 Å². The second-order valence-corrected chi connectivity index (χ2v) is 5.76. The van der Waals surface area contributed by atoms with Crippen molar-refractivity contribution in [3.63, 3.8) is 0 Å².